The predicted octanol–water partition coefficient (Wildman–Crippen LogP) is 3.64. The second kappa shape index (κ2) is 7.92. The first kappa shape index (κ1) is 17.8. The van der Waals surface area contributed by atoms with E-state index in [0.29, 0.717) is 11.3 Å². The fourth-order valence-electron chi connectivity index (χ4n) is 4.09. The van der Waals surface area contributed by atoms with Crippen molar-refractivity contribution in [1.82, 2.24) is 9.80 Å². The normalized spacial score (nSPS) is 22.5. The van der Waals surface area contributed by atoms with Crippen molar-refractivity contribution >= 4 is 17.7 Å². The molecule has 1 unspecified atom stereocenters. The predicted molar refractivity (Wildman–Crippen MR) is 102 cm³/mol. The molecule has 24 heavy (non-hydrogen) atoms. The summed E-state index contributed by atoms with van der Waals surface area (Å²) in [7, 11) is 0. The summed E-state index contributed by atoms with van der Waals surface area (Å²) < 4.78 is 0. The van der Waals surface area contributed by atoms with E-state index in [1.807, 2.05) is 13.2 Å². The maximum Gasteiger partial charge on any atom is 0.235 e. The minimum atomic E-state index is 0.103. The van der Waals surface area contributed by atoms with Crippen LogP contribution in [0.1, 0.15) is 38.2 Å². The maximum absolute atomic E-state index is 12.4. The Bertz CT molecular complexity index is 530. The zero-order valence-electron chi connectivity index (χ0n) is 15.0. The standard InChI is InChI=1S/C20H30N2OS/c1-17(24-2)19(23)22-14-10-20(11-15-22)8-12-21(13-9-20)16-18-6-4-3-5-7-18/h3-7,17H,8-16H2,1-2H3. The topological polar surface area (TPSA) is 23.6 Å². The van der Waals surface area contributed by atoms with Crippen LogP contribution in [0.2, 0.25) is 0 Å². The summed E-state index contributed by atoms with van der Waals surface area (Å²) in [5.41, 5.74) is 1.91. The van der Waals surface area contributed by atoms with Gasteiger partial charge >= 0.3 is 0 Å². The van der Waals surface area contributed by atoms with Crippen LogP contribution >= 0.6 is 11.8 Å². The van der Waals surface area contributed by atoms with Crippen LogP contribution in [0.25, 0.3) is 0 Å². The molecule has 1 atom stereocenters. The van der Waals surface area contributed by atoms with Crippen molar-refractivity contribution in [3.63, 3.8) is 0 Å². The fourth-order valence-corrected chi connectivity index (χ4v) is 4.44. The van der Waals surface area contributed by atoms with Gasteiger partial charge in [0.05, 0.1) is 5.25 Å². The molecule has 1 amide bonds. The highest BCUT2D eigenvalue weighted by molar-refractivity contribution is 7.99. The number of carbonyl (C=O) groups is 1. The van der Waals surface area contributed by atoms with Gasteiger partial charge in [-0.2, -0.15) is 11.8 Å². The maximum atomic E-state index is 12.4. The quantitative estimate of drug-likeness (QED) is 0.831. The SMILES string of the molecule is CSC(C)C(=O)N1CCC2(CCN(Cc3ccccc3)CC2)CC1. The lowest BCUT2D eigenvalue weighted by atomic mass is 9.71. The number of hydrogen-bond donors (Lipinski definition) is 0. The molecule has 132 valence electrons. The lowest BCUT2D eigenvalue weighted by Crippen LogP contribution is -2.49. The summed E-state index contributed by atoms with van der Waals surface area (Å²) in [6, 6.07) is 10.8. The van der Waals surface area contributed by atoms with Crippen molar-refractivity contribution in [2.75, 3.05) is 32.4 Å². The molecule has 1 aromatic carbocycles. The summed E-state index contributed by atoms with van der Waals surface area (Å²) in [6.07, 6.45) is 6.99. The molecule has 0 N–H and O–H groups in total. The Morgan fingerprint density at radius 1 is 1.08 bits per heavy atom. The lowest BCUT2D eigenvalue weighted by Gasteiger charge is -2.47. The van der Waals surface area contributed by atoms with Gasteiger partial charge in [-0.1, -0.05) is 30.3 Å². The zero-order chi connectivity index (χ0) is 17.0. The van der Waals surface area contributed by atoms with Crippen molar-refractivity contribution in [1.29, 1.82) is 0 Å². The fraction of sp³-hybridized carbons (Fsp3) is 0.650. The van der Waals surface area contributed by atoms with Crippen LogP contribution in [0.15, 0.2) is 30.3 Å². The molecule has 1 spiro atoms. The molecule has 0 aliphatic carbocycles. The second-order valence-corrected chi connectivity index (χ2v) is 8.64. The van der Waals surface area contributed by atoms with E-state index in [1.165, 1.54) is 44.3 Å². The Morgan fingerprint density at radius 3 is 2.25 bits per heavy atom. The molecule has 0 radical (unpaired) electrons. The van der Waals surface area contributed by atoms with Crippen LogP contribution in [-0.4, -0.2) is 53.4 Å². The second-order valence-electron chi connectivity index (χ2n) is 7.46. The molecule has 2 aliphatic heterocycles. The van der Waals surface area contributed by atoms with Crippen LogP contribution < -0.4 is 0 Å². The van der Waals surface area contributed by atoms with E-state index in [1.54, 1.807) is 11.8 Å². The van der Waals surface area contributed by atoms with E-state index in [0.717, 1.165) is 19.6 Å². The van der Waals surface area contributed by atoms with Crippen molar-refractivity contribution in [2.45, 2.75) is 44.4 Å². The van der Waals surface area contributed by atoms with Crippen molar-refractivity contribution in [2.24, 2.45) is 5.41 Å². The number of benzene rings is 1. The molecule has 2 saturated heterocycles. The van der Waals surface area contributed by atoms with Gasteiger partial charge in [-0.15, -0.1) is 0 Å². The molecule has 4 heteroatoms. The number of piperidine rings is 2. The average Bonchev–Trinajstić information content (AvgIpc) is 2.64. The van der Waals surface area contributed by atoms with E-state index in [9.17, 15) is 4.79 Å². The Kier molecular flexibility index (Phi) is 5.88. The van der Waals surface area contributed by atoms with Crippen molar-refractivity contribution < 1.29 is 4.79 Å². The van der Waals surface area contributed by atoms with Gasteiger partial charge in [0.15, 0.2) is 0 Å². The molecular weight excluding hydrogens is 316 g/mol. The van der Waals surface area contributed by atoms with Gasteiger partial charge in [-0.05, 0) is 62.9 Å². The average molecular weight is 347 g/mol. The van der Waals surface area contributed by atoms with Crippen LogP contribution in [0.3, 0.4) is 0 Å². The zero-order valence-corrected chi connectivity index (χ0v) is 15.9. The van der Waals surface area contributed by atoms with Crippen LogP contribution in [0, 0.1) is 5.41 Å². The van der Waals surface area contributed by atoms with Crippen LogP contribution in [0.5, 0.6) is 0 Å². The van der Waals surface area contributed by atoms with Gasteiger partial charge in [0, 0.05) is 19.6 Å². The molecule has 0 aromatic heterocycles. The Hall–Kier alpha value is -1.00. The monoisotopic (exact) mass is 346 g/mol. The summed E-state index contributed by atoms with van der Waals surface area (Å²) in [5, 5.41) is 0.103. The van der Waals surface area contributed by atoms with E-state index < -0.39 is 0 Å². The van der Waals surface area contributed by atoms with Gasteiger partial charge in [0.2, 0.25) is 5.91 Å². The van der Waals surface area contributed by atoms with Crippen molar-refractivity contribution in [3.8, 4) is 0 Å². The van der Waals surface area contributed by atoms with Crippen LogP contribution in [-0.2, 0) is 11.3 Å². The Morgan fingerprint density at radius 2 is 1.67 bits per heavy atom. The highest BCUT2D eigenvalue weighted by Crippen LogP contribution is 2.41. The summed E-state index contributed by atoms with van der Waals surface area (Å²) in [4.78, 5) is 17.0. The van der Waals surface area contributed by atoms with Gasteiger partial charge in [0.1, 0.15) is 0 Å². The molecule has 2 heterocycles. The minimum Gasteiger partial charge on any atom is -0.342 e. The molecule has 3 nitrogen and oxygen atoms in total. The number of rotatable bonds is 4. The first-order valence-corrected chi connectivity index (χ1v) is 10.5. The number of likely N-dealkylation sites (tertiary alicyclic amines) is 2. The van der Waals surface area contributed by atoms with E-state index >= 15 is 0 Å². The third kappa shape index (κ3) is 4.15. The molecule has 3 rings (SSSR count). The van der Waals surface area contributed by atoms with E-state index in [-0.39, 0.29) is 5.25 Å². The largest absolute Gasteiger partial charge is 0.342 e. The summed E-state index contributed by atoms with van der Waals surface area (Å²) >= 11 is 1.66. The first-order chi connectivity index (χ1) is 11.6. The molecule has 2 aliphatic rings. The third-order valence-electron chi connectivity index (χ3n) is 6.00. The number of nitrogens with zero attached hydrogens (tertiary/aromatic N) is 2. The van der Waals surface area contributed by atoms with Gasteiger partial charge in [-0.25, -0.2) is 0 Å². The molecule has 0 saturated carbocycles. The number of hydrogen-bond acceptors (Lipinski definition) is 3. The minimum absolute atomic E-state index is 0.103. The molecular formula is C20H30N2OS. The lowest BCUT2D eigenvalue weighted by molar-refractivity contribution is -0.133. The summed E-state index contributed by atoms with van der Waals surface area (Å²) in [6.45, 7) is 7.42. The van der Waals surface area contributed by atoms with Gasteiger partial charge in [0.25, 0.3) is 0 Å². The number of carbonyl (C=O) groups excluding carboxylic acids is 1. The smallest absolute Gasteiger partial charge is 0.235 e. The van der Waals surface area contributed by atoms with Crippen molar-refractivity contribution in [3.05, 3.63) is 35.9 Å². The molecule has 0 bridgehead atoms. The Labute approximate surface area is 150 Å². The number of thioether (sulfide) groups is 1. The summed E-state index contributed by atoms with van der Waals surface area (Å²) in [5.74, 6) is 0.332. The van der Waals surface area contributed by atoms with Crippen LogP contribution in [0.4, 0.5) is 0 Å². The van der Waals surface area contributed by atoms with E-state index in [4.69, 9.17) is 0 Å². The number of amides is 1. The molecule has 2 fully saturated rings. The van der Waals surface area contributed by atoms with Gasteiger partial charge < -0.3 is 4.90 Å². The van der Waals surface area contributed by atoms with E-state index in [2.05, 4.69) is 40.1 Å². The molecule has 1 aromatic rings. The highest BCUT2D eigenvalue weighted by Gasteiger charge is 2.38. The highest BCUT2D eigenvalue weighted by atomic mass is 32.2. The Balaban J connectivity index is 1.48. The first-order valence-electron chi connectivity index (χ1n) is 9.20. The van der Waals surface area contributed by atoms with Gasteiger partial charge in [-0.3, -0.25) is 9.69 Å². The third-order valence-corrected chi connectivity index (χ3v) is 6.91.